The van der Waals surface area contributed by atoms with Crippen molar-refractivity contribution in [1.82, 2.24) is 4.40 Å². The maximum Gasteiger partial charge on any atom is 0.397 e. The van der Waals surface area contributed by atoms with Crippen LogP contribution in [0.5, 0.6) is 0 Å². The van der Waals surface area contributed by atoms with E-state index < -0.39 is 10.4 Å². The van der Waals surface area contributed by atoms with E-state index in [9.17, 15) is 8.42 Å². The van der Waals surface area contributed by atoms with Gasteiger partial charge in [0.15, 0.2) is 0 Å². The summed E-state index contributed by atoms with van der Waals surface area (Å²) >= 11 is 0. The van der Waals surface area contributed by atoms with E-state index in [2.05, 4.69) is 19.2 Å². The van der Waals surface area contributed by atoms with E-state index >= 15 is 0 Å². The largest absolute Gasteiger partial charge is 0.397 e. The summed E-state index contributed by atoms with van der Waals surface area (Å²) < 4.78 is 33.9. The maximum atomic E-state index is 9.33. The van der Waals surface area contributed by atoms with Gasteiger partial charge in [-0.05, 0) is 6.07 Å². The topological polar surface area (TPSA) is 71.9 Å². The molecule has 0 saturated heterocycles. The van der Waals surface area contributed by atoms with Crippen molar-refractivity contribution in [2.45, 2.75) is 0 Å². The summed E-state index contributed by atoms with van der Waals surface area (Å²) in [5, 5.41) is 0. The van der Waals surface area contributed by atoms with E-state index in [1.807, 2.05) is 37.8 Å². The number of nitrogens with zero attached hydrogens (tertiary/aromatic N) is 2. The van der Waals surface area contributed by atoms with E-state index in [0.717, 1.165) is 7.11 Å². The number of hydrogen-bond acceptors (Lipinski definition) is 3. The monoisotopic (exact) mass is 245 g/mol. The number of aryl methyl sites for hydroxylation is 1. The van der Waals surface area contributed by atoms with Gasteiger partial charge in [0, 0.05) is 6.07 Å². The highest BCUT2D eigenvalue weighted by Crippen LogP contribution is 1.94. The van der Waals surface area contributed by atoms with Gasteiger partial charge in [0.2, 0.25) is 0 Å². The minimum absolute atomic E-state index is 0.870. The number of fused-ring (bicyclic) bond motifs is 1. The van der Waals surface area contributed by atoms with E-state index in [-0.39, 0.29) is 0 Å². The molecular weight excluding hydrogens is 232 g/mol. The first-order valence-electron chi connectivity index (χ1n) is 4.38. The molecule has 88 valence electrons. The third-order valence-electron chi connectivity index (χ3n) is 1.89. The van der Waals surface area contributed by atoms with Crippen LogP contribution in [0, 0.1) is 0 Å². The van der Waals surface area contributed by atoms with Crippen molar-refractivity contribution in [2.75, 3.05) is 7.11 Å². The van der Waals surface area contributed by atoms with Crippen molar-refractivity contribution < 1.29 is 21.7 Å². The maximum absolute atomic E-state index is 9.33. The molecule has 6 nitrogen and oxygen atoms in total. The Morgan fingerprint density at radius 2 is 2.00 bits per heavy atom. The van der Waals surface area contributed by atoms with Crippen LogP contribution in [0.1, 0.15) is 0 Å². The lowest BCUT2D eigenvalue weighted by molar-refractivity contribution is -0.644. The van der Waals surface area contributed by atoms with Gasteiger partial charge in [-0.15, -0.1) is 0 Å². The Bertz CT molecular complexity index is 562. The summed E-state index contributed by atoms with van der Waals surface area (Å²) in [4.78, 5) is 0. The van der Waals surface area contributed by atoms with Crippen LogP contribution in [0.15, 0.2) is 36.8 Å². The molecule has 2 heterocycles. The molecule has 16 heavy (non-hydrogen) atoms. The molecule has 0 saturated carbocycles. The van der Waals surface area contributed by atoms with Crippen molar-refractivity contribution in [3.05, 3.63) is 36.8 Å². The zero-order valence-electron chi connectivity index (χ0n) is 8.94. The van der Waals surface area contributed by atoms with Gasteiger partial charge in [-0.3, -0.25) is 8.74 Å². The molecule has 1 N–H and O–H groups in total. The van der Waals surface area contributed by atoms with Gasteiger partial charge in [0.05, 0.1) is 20.4 Å². The minimum atomic E-state index is -4.16. The van der Waals surface area contributed by atoms with E-state index in [4.69, 9.17) is 4.55 Å². The summed E-state index contributed by atoms with van der Waals surface area (Å²) in [6, 6.07) is 6.14. The van der Waals surface area contributed by atoms with Crippen LogP contribution in [0.2, 0.25) is 0 Å². The van der Waals surface area contributed by atoms with Crippen LogP contribution in [0.25, 0.3) is 5.65 Å². The molecule has 0 radical (unpaired) electrons. The molecule has 0 atom stereocenters. The number of aromatic nitrogens is 2. The number of pyridine rings is 1. The Morgan fingerprint density at radius 1 is 1.38 bits per heavy atom. The van der Waals surface area contributed by atoms with Crippen LogP contribution in [0.4, 0.5) is 0 Å². The first-order chi connectivity index (χ1) is 7.44. The standard InChI is InChI=1S/C8H9N2.CH4O4S/c1-9-6-7-10-5-3-2-4-8(9)10;1-5-6(2,3)4/h2-7H,1H3;1H3,(H,2,3,4)/q+1;. The lowest BCUT2D eigenvalue weighted by Crippen LogP contribution is -2.25. The molecule has 2 rings (SSSR count). The van der Waals surface area contributed by atoms with E-state index in [1.165, 1.54) is 5.65 Å². The van der Waals surface area contributed by atoms with Crippen LogP contribution >= 0.6 is 0 Å². The molecule has 0 aliphatic carbocycles. The van der Waals surface area contributed by atoms with Gasteiger partial charge < -0.3 is 0 Å². The third kappa shape index (κ3) is 3.61. The molecular formula is C9H13N2O4S+. The molecule has 2 aromatic rings. The van der Waals surface area contributed by atoms with Crippen molar-refractivity contribution in [3.8, 4) is 0 Å². The smallest absolute Gasteiger partial charge is 0.264 e. The third-order valence-corrected chi connectivity index (χ3v) is 2.31. The normalized spacial score (nSPS) is 10.9. The molecule has 2 aromatic heterocycles. The fourth-order valence-corrected chi connectivity index (χ4v) is 1.12. The van der Waals surface area contributed by atoms with Gasteiger partial charge in [-0.2, -0.15) is 8.42 Å². The Kier molecular flexibility index (Phi) is 3.99. The summed E-state index contributed by atoms with van der Waals surface area (Å²) in [7, 11) is -1.25. The second-order valence-electron chi connectivity index (χ2n) is 2.97. The molecule has 0 unspecified atom stereocenters. The molecule has 0 amide bonds. The highest BCUT2D eigenvalue weighted by atomic mass is 32.3. The quantitative estimate of drug-likeness (QED) is 0.575. The molecule has 0 bridgehead atoms. The Morgan fingerprint density at radius 3 is 2.50 bits per heavy atom. The predicted octanol–water partition coefficient (Wildman–Crippen LogP) is 0.199. The van der Waals surface area contributed by atoms with Crippen LogP contribution in [0.3, 0.4) is 0 Å². The van der Waals surface area contributed by atoms with E-state index in [1.54, 1.807) is 0 Å². The Labute approximate surface area is 93.7 Å². The van der Waals surface area contributed by atoms with Crippen molar-refractivity contribution in [1.29, 1.82) is 0 Å². The van der Waals surface area contributed by atoms with Crippen molar-refractivity contribution in [3.63, 3.8) is 0 Å². The van der Waals surface area contributed by atoms with E-state index in [0.29, 0.717) is 0 Å². The van der Waals surface area contributed by atoms with Gasteiger partial charge in [0.25, 0.3) is 5.65 Å². The van der Waals surface area contributed by atoms with Crippen LogP contribution in [-0.4, -0.2) is 24.5 Å². The highest BCUT2D eigenvalue weighted by Gasteiger charge is 2.00. The molecule has 7 heteroatoms. The number of hydrogen-bond donors (Lipinski definition) is 1. The average molecular weight is 245 g/mol. The Hall–Kier alpha value is -1.44. The first-order valence-corrected chi connectivity index (χ1v) is 5.75. The fourth-order valence-electron chi connectivity index (χ4n) is 1.12. The van der Waals surface area contributed by atoms with Crippen LogP contribution in [-0.2, 0) is 21.6 Å². The average Bonchev–Trinajstić information content (AvgIpc) is 2.61. The molecule has 0 aromatic carbocycles. The minimum Gasteiger partial charge on any atom is -0.264 e. The number of imidazole rings is 1. The Balaban J connectivity index is 0.000000187. The van der Waals surface area contributed by atoms with Gasteiger partial charge >= 0.3 is 10.4 Å². The molecule has 0 aliphatic heterocycles. The summed E-state index contributed by atoms with van der Waals surface area (Å²) in [5.74, 6) is 0. The lowest BCUT2D eigenvalue weighted by atomic mass is 10.5. The van der Waals surface area contributed by atoms with Crippen LogP contribution < -0.4 is 4.57 Å². The summed E-state index contributed by atoms with van der Waals surface area (Å²) in [5.41, 5.74) is 1.21. The zero-order chi connectivity index (χ0) is 12.2. The van der Waals surface area contributed by atoms with Crippen molar-refractivity contribution >= 4 is 16.0 Å². The van der Waals surface area contributed by atoms with Gasteiger partial charge in [0.1, 0.15) is 12.4 Å². The van der Waals surface area contributed by atoms with Crippen molar-refractivity contribution in [2.24, 2.45) is 7.05 Å². The fraction of sp³-hybridized carbons (Fsp3) is 0.222. The number of rotatable bonds is 1. The summed E-state index contributed by atoms with van der Waals surface area (Å²) in [6.45, 7) is 0. The molecule has 0 spiro atoms. The lowest BCUT2D eigenvalue weighted by Gasteiger charge is -1.84. The second-order valence-corrected chi connectivity index (χ2v) is 4.16. The zero-order valence-corrected chi connectivity index (χ0v) is 9.76. The summed E-state index contributed by atoms with van der Waals surface area (Å²) in [6.07, 6.45) is 6.11. The molecule has 0 aliphatic rings. The first kappa shape index (κ1) is 12.6. The highest BCUT2D eigenvalue weighted by molar-refractivity contribution is 7.80. The second kappa shape index (κ2) is 5.06. The predicted molar refractivity (Wildman–Crippen MR) is 57.1 cm³/mol. The SMILES string of the molecule is COS(=O)(=O)O.C[n+]1ccn2ccccc21. The van der Waals surface area contributed by atoms with Gasteiger partial charge in [-0.1, -0.05) is 6.07 Å². The molecule has 0 fully saturated rings. The van der Waals surface area contributed by atoms with Gasteiger partial charge in [-0.25, -0.2) is 8.97 Å².